The maximum Gasteiger partial charge on any atom is 0.220 e. The molecule has 3 N–H and O–H groups in total. The Hall–Kier alpha value is -3.74. The molecule has 4 aromatic rings. The summed E-state index contributed by atoms with van der Waals surface area (Å²) in [5.41, 5.74) is 4.98. The van der Waals surface area contributed by atoms with Gasteiger partial charge in [0.05, 0.1) is 11.7 Å². The average Bonchev–Trinajstić information content (AvgIpc) is 3.42. The topological polar surface area (TPSA) is 95.6 Å². The van der Waals surface area contributed by atoms with Gasteiger partial charge in [0.1, 0.15) is 5.82 Å². The average molecular weight is 412 g/mol. The van der Waals surface area contributed by atoms with Gasteiger partial charge in [-0.1, -0.05) is 18.2 Å². The minimum atomic E-state index is -0.0537. The number of aromatic amines is 1. The summed E-state index contributed by atoms with van der Waals surface area (Å²) in [4.78, 5) is 21.3. The third-order valence-electron chi connectivity index (χ3n) is 6.04. The van der Waals surface area contributed by atoms with Gasteiger partial charge in [0.15, 0.2) is 5.82 Å². The Kier molecular flexibility index (Phi) is 4.66. The molecule has 2 aromatic carbocycles. The molecular formula is C24H24N6O. The van der Waals surface area contributed by atoms with Crippen molar-refractivity contribution >= 4 is 28.3 Å². The van der Waals surface area contributed by atoms with Crippen LogP contribution in [0.4, 0.5) is 11.5 Å². The minimum absolute atomic E-state index is 0.0537. The Bertz CT molecular complexity index is 1270. The van der Waals surface area contributed by atoms with Gasteiger partial charge >= 0.3 is 0 Å². The number of carbonyl (C=O) groups is 1. The fraction of sp³-hybridized carbons (Fsp3) is 0.250. The predicted molar refractivity (Wildman–Crippen MR) is 121 cm³/mol. The molecule has 1 aliphatic carbocycles. The van der Waals surface area contributed by atoms with Gasteiger partial charge in [0.25, 0.3) is 0 Å². The molecule has 0 atom stereocenters. The van der Waals surface area contributed by atoms with E-state index in [1.54, 1.807) is 13.2 Å². The molecule has 2 aromatic heterocycles. The quantitative estimate of drug-likeness (QED) is 0.440. The van der Waals surface area contributed by atoms with Crippen LogP contribution in [0.25, 0.3) is 22.3 Å². The number of anilines is 2. The van der Waals surface area contributed by atoms with Crippen LogP contribution in [0.1, 0.15) is 30.4 Å². The van der Waals surface area contributed by atoms with Gasteiger partial charge in [-0.3, -0.25) is 9.89 Å². The standard InChI is InChI=1S/C24H24N6O/c1-15-13-26-23(29-22(15)28-19-6-7-20-17(11-19)14-27-30-20)16-4-3-5-18(10-16)24(8-9-24)12-21(31)25-2/h3-7,10-11,13-14H,8-9,12H2,1-2H3,(H,25,31)(H,27,30)(H,26,28,29). The lowest BCUT2D eigenvalue weighted by atomic mass is 9.90. The number of rotatable bonds is 6. The lowest BCUT2D eigenvalue weighted by Crippen LogP contribution is -2.23. The van der Waals surface area contributed by atoms with Crippen molar-refractivity contribution in [2.24, 2.45) is 0 Å². The fourth-order valence-electron chi connectivity index (χ4n) is 3.97. The predicted octanol–water partition coefficient (Wildman–Crippen LogP) is 4.24. The molecule has 1 saturated carbocycles. The number of hydrogen-bond acceptors (Lipinski definition) is 5. The number of hydrogen-bond donors (Lipinski definition) is 3. The van der Waals surface area contributed by atoms with E-state index in [1.807, 2.05) is 43.5 Å². The number of aryl methyl sites for hydroxylation is 1. The molecule has 156 valence electrons. The Morgan fingerprint density at radius 1 is 1.16 bits per heavy atom. The maximum atomic E-state index is 12.0. The molecule has 0 spiro atoms. The highest BCUT2D eigenvalue weighted by Crippen LogP contribution is 2.51. The molecular weight excluding hydrogens is 388 g/mol. The van der Waals surface area contributed by atoms with E-state index in [2.05, 4.69) is 37.9 Å². The first-order valence-corrected chi connectivity index (χ1v) is 10.4. The van der Waals surface area contributed by atoms with Crippen molar-refractivity contribution in [1.82, 2.24) is 25.5 Å². The van der Waals surface area contributed by atoms with Crippen molar-refractivity contribution in [3.63, 3.8) is 0 Å². The van der Waals surface area contributed by atoms with E-state index in [0.29, 0.717) is 12.2 Å². The first-order valence-electron chi connectivity index (χ1n) is 10.4. The van der Waals surface area contributed by atoms with Gasteiger partial charge in [0.2, 0.25) is 5.91 Å². The van der Waals surface area contributed by atoms with Crippen molar-refractivity contribution in [1.29, 1.82) is 0 Å². The molecule has 1 fully saturated rings. The molecule has 1 aliphatic rings. The first-order chi connectivity index (χ1) is 15.1. The van der Waals surface area contributed by atoms with E-state index in [9.17, 15) is 4.79 Å². The lowest BCUT2D eigenvalue weighted by Gasteiger charge is -2.16. The van der Waals surface area contributed by atoms with Gasteiger partial charge in [-0.05, 0) is 49.6 Å². The summed E-state index contributed by atoms with van der Waals surface area (Å²) < 4.78 is 0. The zero-order valence-corrected chi connectivity index (χ0v) is 17.6. The van der Waals surface area contributed by atoms with Gasteiger partial charge in [-0.25, -0.2) is 9.97 Å². The van der Waals surface area contributed by atoms with Crippen molar-refractivity contribution in [2.75, 3.05) is 12.4 Å². The number of nitrogens with one attached hydrogen (secondary N) is 3. The number of aromatic nitrogens is 4. The van der Waals surface area contributed by atoms with Crippen LogP contribution in [0, 0.1) is 6.92 Å². The van der Waals surface area contributed by atoms with Gasteiger partial charge in [0, 0.05) is 47.3 Å². The van der Waals surface area contributed by atoms with Crippen molar-refractivity contribution in [3.05, 3.63) is 66.0 Å². The number of amides is 1. The number of carbonyl (C=O) groups excluding carboxylic acids is 1. The van der Waals surface area contributed by atoms with Crippen LogP contribution in [0.2, 0.25) is 0 Å². The molecule has 1 amide bonds. The monoisotopic (exact) mass is 412 g/mol. The highest BCUT2D eigenvalue weighted by atomic mass is 16.1. The zero-order valence-electron chi connectivity index (χ0n) is 17.6. The van der Waals surface area contributed by atoms with Crippen LogP contribution in [0.5, 0.6) is 0 Å². The second-order valence-electron chi connectivity index (χ2n) is 8.23. The van der Waals surface area contributed by atoms with Crippen LogP contribution in [0.3, 0.4) is 0 Å². The Labute approximate surface area is 180 Å². The van der Waals surface area contributed by atoms with E-state index in [0.717, 1.165) is 46.4 Å². The molecule has 31 heavy (non-hydrogen) atoms. The van der Waals surface area contributed by atoms with Crippen LogP contribution in [-0.2, 0) is 10.2 Å². The second kappa shape index (κ2) is 7.50. The number of fused-ring (bicyclic) bond motifs is 1. The molecule has 0 unspecified atom stereocenters. The van der Waals surface area contributed by atoms with E-state index >= 15 is 0 Å². The number of benzene rings is 2. The summed E-state index contributed by atoms with van der Waals surface area (Å²) in [6.45, 7) is 1.99. The van der Waals surface area contributed by atoms with E-state index in [-0.39, 0.29) is 11.3 Å². The summed E-state index contributed by atoms with van der Waals surface area (Å²) in [5.74, 6) is 1.51. The largest absolute Gasteiger partial charge is 0.359 e. The van der Waals surface area contributed by atoms with Crippen LogP contribution < -0.4 is 10.6 Å². The van der Waals surface area contributed by atoms with Crippen molar-refractivity contribution in [2.45, 2.75) is 31.6 Å². The van der Waals surface area contributed by atoms with Crippen LogP contribution in [-0.4, -0.2) is 33.1 Å². The molecule has 0 aliphatic heterocycles. The summed E-state index contributed by atoms with van der Waals surface area (Å²) in [7, 11) is 1.69. The van der Waals surface area contributed by atoms with Crippen molar-refractivity contribution < 1.29 is 4.79 Å². The molecule has 5 rings (SSSR count). The summed E-state index contributed by atoms with van der Waals surface area (Å²) in [6.07, 6.45) is 6.22. The normalized spacial score (nSPS) is 14.4. The fourth-order valence-corrected chi connectivity index (χ4v) is 3.97. The Morgan fingerprint density at radius 3 is 2.84 bits per heavy atom. The number of H-pyrrole nitrogens is 1. The van der Waals surface area contributed by atoms with Gasteiger partial charge in [-0.2, -0.15) is 5.10 Å². The molecule has 2 heterocycles. The summed E-state index contributed by atoms with van der Waals surface area (Å²) in [6, 6.07) is 14.3. The molecule has 0 radical (unpaired) electrons. The third-order valence-corrected chi connectivity index (χ3v) is 6.04. The Balaban J connectivity index is 1.44. The highest BCUT2D eigenvalue weighted by Gasteiger charge is 2.45. The van der Waals surface area contributed by atoms with E-state index in [1.165, 1.54) is 5.56 Å². The molecule has 7 heteroatoms. The molecule has 0 bridgehead atoms. The second-order valence-corrected chi connectivity index (χ2v) is 8.23. The van der Waals surface area contributed by atoms with E-state index < -0.39 is 0 Å². The minimum Gasteiger partial charge on any atom is -0.359 e. The number of nitrogens with zero attached hydrogens (tertiary/aromatic N) is 3. The summed E-state index contributed by atoms with van der Waals surface area (Å²) >= 11 is 0. The first kappa shape index (κ1) is 19.2. The lowest BCUT2D eigenvalue weighted by molar-refractivity contribution is -0.121. The van der Waals surface area contributed by atoms with Crippen LogP contribution >= 0.6 is 0 Å². The maximum absolute atomic E-state index is 12.0. The smallest absolute Gasteiger partial charge is 0.220 e. The summed E-state index contributed by atoms with van der Waals surface area (Å²) in [5, 5.41) is 14.2. The van der Waals surface area contributed by atoms with Crippen molar-refractivity contribution in [3.8, 4) is 11.4 Å². The van der Waals surface area contributed by atoms with Crippen LogP contribution in [0.15, 0.2) is 54.9 Å². The van der Waals surface area contributed by atoms with Gasteiger partial charge in [-0.15, -0.1) is 0 Å². The van der Waals surface area contributed by atoms with Gasteiger partial charge < -0.3 is 10.6 Å². The van der Waals surface area contributed by atoms with E-state index in [4.69, 9.17) is 4.98 Å². The Morgan fingerprint density at radius 2 is 2.03 bits per heavy atom. The third kappa shape index (κ3) is 3.74. The molecule has 0 saturated heterocycles. The highest BCUT2D eigenvalue weighted by molar-refractivity contribution is 5.83. The zero-order chi connectivity index (χ0) is 21.4. The molecule has 7 nitrogen and oxygen atoms in total. The SMILES string of the molecule is CNC(=O)CC1(c2cccc(-c3ncc(C)c(Nc4ccc5[nH]ncc5c4)n3)c2)CC1.